The van der Waals surface area contributed by atoms with Crippen LogP contribution in [0.3, 0.4) is 0 Å². The average Bonchev–Trinajstić information content (AvgIpc) is 3.45. The van der Waals surface area contributed by atoms with E-state index in [1.807, 2.05) is 12.1 Å². The topological polar surface area (TPSA) is 68.2 Å². The van der Waals surface area contributed by atoms with E-state index in [1.165, 1.54) is 6.21 Å². The molecule has 4 aliphatic carbocycles. The van der Waals surface area contributed by atoms with E-state index in [0.717, 1.165) is 11.4 Å². The molecule has 134 valence electrons. The van der Waals surface area contributed by atoms with Gasteiger partial charge in [-0.1, -0.05) is 18.2 Å². The molecule has 1 aromatic rings. The van der Waals surface area contributed by atoms with Crippen molar-refractivity contribution in [2.75, 3.05) is 14.2 Å². The molecule has 6 atom stereocenters. The van der Waals surface area contributed by atoms with Gasteiger partial charge < -0.3 is 9.47 Å². The van der Waals surface area contributed by atoms with E-state index in [9.17, 15) is 9.59 Å². The summed E-state index contributed by atoms with van der Waals surface area (Å²) in [4.78, 5) is 25.8. The van der Waals surface area contributed by atoms with E-state index in [-0.39, 0.29) is 35.5 Å². The van der Waals surface area contributed by atoms with Crippen LogP contribution in [-0.2, 0) is 9.59 Å². The summed E-state index contributed by atoms with van der Waals surface area (Å²) in [7, 11) is 3.11. The first-order chi connectivity index (χ1) is 12.7. The second-order valence-electron chi connectivity index (χ2n) is 7.47. The quantitative estimate of drug-likeness (QED) is 0.473. The standard InChI is InChI=1S/C20H20N2O4/c1-25-15-5-3-4-10(18(15)26-2)9-21-22-19(23)16-11-6-7-12(14-8-13(11)14)17(16)20(22)24/h3-7,9,11-14,16-17H,8H2,1-2H3/b21-9-/t11-,12+,13-,14+,16-,17+. The van der Waals surface area contributed by atoms with Crippen molar-refractivity contribution in [3.63, 3.8) is 0 Å². The molecule has 6 nitrogen and oxygen atoms in total. The summed E-state index contributed by atoms with van der Waals surface area (Å²) in [6.45, 7) is 0. The molecule has 0 N–H and O–H groups in total. The highest BCUT2D eigenvalue weighted by Crippen LogP contribution is 2.65. The van der Waals surface area contributed by atoms with Crippen molar-refractivity contribution in [1.29, 1.82) is 0 Å². The molecule has 0 spiro atoms. The maximum absolute atomic E-state index is 12.9. The van der Waals surface area contributed by atoms with Crippen LogP contribution in [0.25, 0.3) is 0 Å². The van der Waals surface area contributed by atoms with Crippen LogP contribution in [-0.4, -0.2) is 37.3 Å². The number of hydrazone groups is 1. The molecule has 0 unspecified atom stereocenters. The van der Waals surface area contributed by atoms with Crippen molar-refractivity contribution in [3.8, 4) is 11.5 Å². The van der Waals surface area contributed by atoms with Crippen molar-refractivity contribution in [1.82, 2.24) is 5.01 Å². The Morgan fingerprint density at radius 2 is 1.69 bits per heavy atom. The minimum Gasteiger partial charge on any atom is -0.493 e. The minimum absolute atomic E-state index is 0.164. The van der Waals surface area contributed by atoms with Gasteiger partial charge in [0.05, 0.1) is 32.3 Å². The fourth-order valence-electron chi connectivity index (χ4n) is 5.19. The van der Waals surface area contributed by atoms with E-state index in [1.54, 1.807) is 20.3 Å². The Kier molecular flexibility index (Phi) is 3.26. The highest BCUT2D eigenvalue weighted by molar-refractivity contribution is 6.06. The lowest BCUT2D eigenvalue weighted by Gasteiger charge is -2.37. The van der Waals surface area contributed by atoms with Crippen LogP contribution < -0.4 is 9.47 Å². The van der Waals surface area contributed by atoms with Gasteiger partial charge in [-0.3, -0.25) is 9.59 Å². The molecular weight excluding hydrogens is 332 g/mol. The number of imide groups is 1. The van der Waals surface area contributed by atoms with Gasteiger partial charge in [0.25, 0.3) is 11.8 Å². The molecular formula is C20H20N2O4. The number of carbonyl (C=O) groups is 2. The number of rotatable bonds is 4. The number of hydrogen-bond acceptors (Lipinski definition) is 5. The van der Waals surface area contributed by atoms with Crippen molar-refractivity contribution < 1.29 is 19.1 Å². The number of nitrogens with zero attached hydrogens (tertiary/aromatic N) is 2. The maximum atomic E-state index is 12.9. The number of methoxy groups -OCH3 is 2. The van der Waals surface area contributed by atoms with Crippen molar-refractivity contribution >= 4 is 18.0 Å². The summed E-state index contributed by atoms with van der Waals surface area (Å²) >= 11 is 0. The number of para-hydroxylation sites is 1. The van der Waals surface area contributed by atoms with Gasteiger partial charge in [-0.2, -0.15) is 10.1 Å². The zero-order valence-corrected chi connectivity index (χ0v) is 14.7. The number of allylic oxidation sites excluding steroid dienone is 2. The molecule has 0 aromatic heterocycles. The van der Waals surface area contributed by atoms with Gasteiger partial charge in [-0.15, -0.1) is 0 Å². The first-order valence-electron chi connectivity index (χ1n) is 8.96. The summed E-state index contributed by atoms with van der Waals surface area (Å²) in [5.74, 6) is 1.90. The normalized spacial score (nSPS) is 36.5. The SMILES string of the molecule is COc1cccc(/C=N\N2C(=O)[C@@H]3[C@@H]4C=C[C@@H]([C@@H]5C[C@H]45)[C@@H]3C2=O)c1OC. The average molecular weight is 352 g/mol. The molecule has 1 saturated heterocycles. The van der Waals surface area contributed by atoms with Gasteiger partial charge in [0.1, 0.15) is 0 Å². The summed E-state index contributed by atoms with van der Waals surface area (Å²) in [6, 6.07) is 5.41. The zero-order valence-electron chi connectivity index (χ0n) is 14.7. The molecule has 1 heterocycles. The first kappa shape index (κ1) is 15.6. The summed E-state index contributed by atoms with van der Waals surface area (Å²) in [5, 5.41) is 5.32. The lowest BCUT2D eigenvalue weighted by atomic mass is 9.63. The monoisotopic (exact) mass is 352 g/mol. The third-order valence-electron chi connectivity index (χ3n) is 6.39. The molecule has 2 bridgehead atoms. The second kappa shape index (κ2) is 5.43. The van der Waals surface area contributed by atoms with Crippen molar-refractivity contribution in [2.45, 2.75) is 6.42 Å². The largest absolute Gasteiger partial charge is 0.493 e. The van der Waals surface area contributed by atoms with Crippen LogP contribution >= 0.6 is 0 Å². The molecule has 6 heteroatoms. The number of benzene rings is 1. The van der Waals surface area contributed by atoms with Crippen molar-refractivity contribution in [2.24, 2.45) is 40.6 Å². The van der Waals surface area contributed by atoms with Gasteiger partial charge in [-0.25, -0.2) is 0 Å². The van der Waals surface area contributed by atoms with Gasteiger partial charge in [0.15, 0.2) is 11.5 Å². The van der Waals surface area contributed by atoms with Gasteiger partial charge in [-0.05, 0) is 42.2 Å². The first-order valence-corrected chi connectivity index (χ1v) is 8.96. The highest BCUT2D eigenvalue weighted by Gasteiger charge is 2.67. The number of ether oxygens (including phenoxy) is 2. The number of carbonyl (C=O) groups excluding carboxylic acids is 2. The molecule has 2 amide bonds. The van der Waals surface area contributed by atoms with E-state index in [0.29, 0.717) is 28.9 Å². The molecule has 26 heavy (non-hydrogen) atoms. The molecule has 0 radical (unpaired) electrons. The molecule has 2 saturated carbocycles. The Morgan fingerprint density at radius 3 is 2.27 bits per heavy atom. The Hall–Kier alpha value is -2.63. The van der Waals surface area contributed by atoms with E-state index in [2.05, 4.69) is 17.3 Å². The Labute approximate surface area is 151 Å². The number of hydrogen-bond donors (Lipinski definition) is 0. The summed E-state index contributed by atoms with van der Waals surface area (Å²) in [6.07, 6.45) is 6.97. The third kappa shape index (κ3) is 1.95. The van der Waals surface area contributed by atoms with Gasteiger partial charge in [0, 0.05) is 5.56 Å². The van der Waals surface area contributed by atoms with E-state index in [4.69, 9.17) is 9.47 Å². The van der Waals surface area contributed by atoms with Crippen LogP contribution in [0.1, 0.15) is 12.0 Å². The minimum atomic E-state index is -0.231. The van der Waals surface area contributed by atoms with E-state index < -0.39 is 0 Å². The summed E-state index contributed by atoms with van der Waals surface area (Å²) in [5.41, 5.74) is 0.659. The maximum Gasteiger partial charge on any atom is 0.254 e. The van der Waals surface area contributed by atoms with E-state index >= 15 is 0 Å². The third-order valence-corrected chi connectivity index (χ3v) is 6.39. The van der Waals surface area contributed by atoms with Crippen LogP contribution in [0.2, 0.25) is 0 Å². The fourth-order valence-corrected chi connectivity index (χ4v) is 5.19. The van der Waals surface area contributed by atoms with Gasteiger partial charge >= 0.3 is 0 Å². The smallest absolute Gasteiger partial charge is 0.254 e. The molecule has 1 aliphatic heterocycles. The fraction of sp³-hybridized carbons (Fsp3) is 0.450. The molecule has 5 aliphatic rings. The number of amides is 2. The zero-order chi connectivity index (χ0) is 18.0. The molecule has 6 rings (SSSR count). The van der Waals surface area contributed by atoms with Crippen LogP contribution in [0, 0.1) is 35.5 Å². The molecule has 3 fully saturated rings. The second-order valence-corrected chi connectivity index (χ2v) is 7.47. The predicted molar refractivity (Wildman–Crippen MR) is 93.7 cm³/mol. The molecule has 1 aromatic carbocycles. The Balaban J connectivity index is 1.45. The lowest BCUT2D eigenvalue weighted by molar-refractivity contribution is -0.140. The van der Waals surface area contributed by atoms with Crippen LogP contribution in [0.15, 0.2) is 35.5 Å². The highest BCUT2D eigenvalue weighted by atomic mass is 16.5. The summed E-state index contributed by atoms with van der Waals surface area (Å²) < 4.78 is 10.7. The Morgan fingerprint density at radius 1 is 1.04 bits per heavy atom. The predicted octanol–water partition coefficient (Wildman–Crippen LogP) is 2.09. The Bertz CT molecular complexity index is 825. The lowest BCUT2D eigenvalue weighted by Crippen LogP contribution is -2.40. The van der Waals surface area contributed by atoms with Crippen LogP contribution in [0.5, 0.6) is 11.5 Å². The van der Waals surface area contributed by atoms with Crippen molar-refractivity contribution in [3.05, 3.63) is 35.9 Å². The van der Waals surface area contributed by atoms with Crippen LogP contribution in [0.4, 0.5) is 0 Å². The van der Waals surface area contributed by atoms with Gasteiger partial charge in [0.2, 0.25) is 0 Å².